The summed E-state index contributed by atoms with van der Waals surface area (Å²) in [7, 11) is 0. The van der Waals surface area contributed by atoms with E-state index in [-0.39, 0.29) is 6.03 Å². The number of fused-ring (bicyclic) bond motifs is 4. The minimum atomic E-state index is 0.0310. The Labute approximate surface area is 120 Å². The normalized spacial score (nSPS) is 43.4. The molecule has 4 bridgehead atoms. The molecule has 3 nitrogen and oxygen atoms in total. The lowest BCUT2D eigenvalue weighted by Crippen LogP contribution is -2.41. The van der Waals surface area contributed by atoms with Crippen LogP contribution in [0.25, 0.3) is 0 Å². The Morgan fingerprint density at radius 3 is 1.65 bits per heavy atom. The van der Waals surface area contributed by atoms with Gasteiger partial charge in [0.2, 0.25) is 0 Å². The maximum Gasteiger partial charge on any atom is 0.314 e. The van der Waals surface area contributed by atoms with E-state index in [1.807, 2.05) is 0 Å². The minimum absolute atomic E-state index is 0.0310. The molecule has 2 amide bonds. The van der Waals surface area contributed by atoms with Gasteiger partial charge in [-0.1, -0.05) is 24.3 Å². The molecule has 4 aliphatic rings. The lowest BCUT2D eigenvalue weighted by atomic mass is 9.93. The highest BCUT2D eigenvalue weighted by Crippen LogP contribution is 2.43. The summed E-state index contributed by atoms with van der Waals surface area (Å²) in [6.07, 6.45) is 14.5. The standard InChI is InChI=1S/C17H24N2O/c20-17(18-9-15-7-11-1-3-13(15)5-11)19-10-16-8-12-2-4-14(16)6-12/h1-4,11-16H,5-10H2,(H2,18,19,20). The first-order valence-electron chi connectivity index (χ1n) is 8.16. The summed E-state index contributed by atoms with van der Waals surface area (Å²) in [6.45, 7) is 1.68. The van der Waals surface area contributed by atoms with Crippen molar-refractivity contribution in [3.63, 3.8) is 0 Å². The van der Waals surface area contributed by atoms with Gasteiger partial charge >= 0.3 is 6.03 Å². The Balaban J connectivity index is 1.18. The number of amides is 2. The minimum Gasteiger partial charge on any atom is -0.338 e. The van der Waals surface area contributed by atoms with Gasteiger partial charge in [0.25, 0.3) is 0 Å². The second-order valence-corrected chi connectivity index (χ2v) is 7.17. The van der Waals surface area contributed by atoms with Gasteiger partial charge in [0.05, 0.1) is 0 Å². The monoisotopic (exact) mass is 272 g/mol. The predicted octanol–water partition coefficient (Wildman–Crippen LogP) is 2.71. The number of rotatable bonds is 4. The van der Waals surface area contributed by atoms with Crippen LogP contribution < -0.4 is 10.6 Å². The Kier molecular flexibility index (Phi) is 3.08. The smallest absolute Gasteiger partial charge is 0.314 e. The van der Waals surface area contributed by atoms with E-state index in [0.717, 1.165) is 36.8 Å². The molecule has 0 heterocycles. The largest absolute Gasteiger partial charge is 0.338 e. The van der Waals surface area contributed by atoms with Gasteiger partial charge in [-0.2, -0.15) is 0 Å². The molecule has 0 aromatic carbocycles. The third-order valence-corrected chi connectivity index (χ3v) is 5.88. The van der Waals surface area contributed by atoms with Gasteiger partial charge in [-0.3, -0.25) is 0 Å². The quantitative estimate of drug-likeness (QED) is 0.759. The summed E-state index contributed by atoms with van der Waals surface area (Å²) in [4.78, 5) is 11.9. The molecule has 0 saturated heterocycles. The molecule has 4 aliphatic carbocycles. The molecule has 0 spiro atoms. The molecule has 6 unspecified atom stereocenters. The van der Waals surface area contributed by atoms with Crippen LogP contribution in [0.2, 0.25) is 0 Å². The van der Waals surface area contributed by atoms with Crippen LogP contribution in [0.5, 0.6) is 0 Å². The van der Waals surface area contributed by atoms with E-state index in [1.165, 1.54) is 25.7 Å². The molecule has 6 atom stereocenters. The van der Waals surface area contributed by atoms with Crippen LogP contribution in [0.1, 0.15) is 25.7 Å². The maximum atomic E-state index is 11.9. The van der Waals surface area contributed by atoms with E-state index in [0.29, 0.717) is 11.8 Å². The van der Waals surface area contributed by atoms with E-state index in [2.05, 4.69) is 34.9 Å². The van der Waals surface area contributed by atoms with Crippen LogP contribution in [0.15, 0.2) is 24.3 Å². The summed E-state index contributed by atoms with van der Waals surface area (Å²) in [5.74, 6) is 4.35. The summed E-state index contributed by atoms with van der Waals surface area (Å²) in [6, 6.07) is 0.0310. The number of carbonyl (C=O) groups is 1. The molecule has 2 fully saturated rings. The van der Waals surface area contributed by atoms with Crippen molar-refractivity contribution < 1.29 is 4.79 Å². The molecular formula is C17H24N2O. The van der Waals surface area contributed by atoms with E-state index in [9.17, 15) is 4.79 Å². The highest BCUT2D eigenvalue weighted by molar-refractivity contribution is 5.73. The first kappa shape index (κ1) is 12.5. The van der Waals surface area contributed by atoms with Crippen molar-refractivity contribution >= 4 is 6.03 Å². The average Bonchev–Trinajstić information content (AvgIpc) is 3.21. The molecule has 0 aromatic heterocycles. The number of nitrogens with one attached hydrogen (secondary N) is 2. The first-order valence-corrected chi connectivity index (χ1v) is 8.16. The van der Waals surface area contributed by atoms with Crippen molar-refractivity contribution in [3.8, 4) is 0 Å². The summed E-state index contributed by atoms with van der Waals surface area (Å²) >= 11 is 0. The molecular weight excluding hydrogens is 248 g/mol. The molecule has 108 valence electrons. The van der Waals surface area contributed by atoms with Gasteiger partial charge < -0.3 is 10.6 Å². The van der Waals surface area contributed by atoms with E-state index in [4.69, 9.17) is 0 Å². The highest BCUT2D eigenvalue weighted by Gasteiger charge is 2.36. The van der Waals surface area contributed by atoms with Gasteiger partial charge in [-0.15, -0.1) is 0 Å². The Bertz CT molecular complexity index is 416. The summed E-state index contributed by atoms with van der Waals surface area (Å²) in [5, 5.41) is 6.15. The molecule has 0 aliphatic heterocycles. The van der Waals surface area contributed by atoms with Gasteiger partial charge in [0, 0.05) is 13.1 Å². The topological polar surface area (TPSA) is 41.1 Å². The Hall–Kier alpha value is -1.25. The molecule has 20 heavy (non-hydrogen) atoms. The van der Waals surface area contributed by atoms with Gasteiger partial charge in [0.15, 0.2) is 0 Å². The van der Waals surface area contributed by atoms with Crippen molar-refractivity contribution in [1.82, 2.24) is 10.6 Å². The van der Waals surface area contributed by atoms with Crippen LogP contribution in [0, 0.1) is 35.5 Å². The van der Waals surface area contributed by atoms with Crippen LogP contribution in [0.4, 0.5) is 4.79 Å². The molecule has 0 aromatic rings. The molecule has 2 N–H and O–H groups in total. The zero-order valence-electron chi connectivity index (χ0n) is 11.9. The van der Waals surface area contributed by atoms with Crippen LogP contribution in [-0.2, 0) is 0 Å². The number of hydrogen-bond donors (Lipinski definition) is 2. The lowest BCUT2D eigenvalue weighted by molar-refractivity contribution is 0.234. The van der Waals surface area contributed by atoms with E-state index >= 15 is 0 Å². The van der Waals surface area contributed by atoms with Crippen molar-refractivity contribution in [2.24, 2.45) is 35.5 Å². The van der Waals surface area contributed by atoms with Crippen LogP contribution in [0.3, 0.4) is 0 Å². The lowest BCUT2D eigenvalue weighted by Gasteiger charge is -2.21. The van der Waals surface area contributed by atoms with Gasteiger partial charge in [-0.25, -0.2) is 4.79 Å². The Morgan fingerprint density at radius 1 is 0.800 bits per heavy atom. The third-order valence-electron chi connectivity index (χ3n) is 5.88. The summed E-state index contributed by atoms with van der Waals surface area (Å²) < 4.78 is 0. The number of allylic oxidation sites excluding steroid dienone is 4. The average molecular weight is 272 g/mol. The SMILES string of the molecule is O=C(NCC1CC2C=CC1C2)NCC1CC2C=CC1C2. The Morgan fingerprint density at radius 2 is 1.30 bits per heavy atom. The van der Waals surface area contributed by atoms with Gasteiger partial charge in [-0.05, 0) is 61.2 Å². The molecule has 2 saturated carbocycles. The van der Waals surface area contributed by atoms with Crippen molar-refractivity contribution in [3.05, 3.63) is 24.3 Å². The predicted molar refractivity (Wildman–Crippen MR) is 79.1 cm³/mol. The summed E-state index contributed by atoms with van der Waals surface area (Å²) in [5.41, 5.74) is 0. The van der Waals surface area contributed by atoms with Crippen molar-refractivity contribution in [2.45, 2.75) is 25.7 Å². The number of hydrogen-bond acceptors (Lipinski definition) is 1. The maximum absolute atomic E-state index is 11.9. The van der Waals surface area contributed by atoms with Gasteiger partial charge in [0.1, 0.15) is 0 Å². The van der Waals surface area contributed by atoms with Crippen molar-refractivity contribution in [1.29, 1.82) is 0 Å². The van der Waals surface area contributed by atoms with Crippen molar-refractivity contribution in [2.75, 3.05) is 13.1 Å². The number of urea groups is 1. The molecule has 0 radical (unpaired) electrons. The zero-order chi connectivity index (χ0) is 13.5. The fourth-order valence-corrected chi connectivity index (χ4v) is 4.77. The van der Waals surface area contributed by atoms with E-state index < -0.39 is 0 Å². The second-order valence-electron chi connectivity index (χ2n) is 7.17. The van der Waals surface area contributed by atoms with E-state index in [1.54, 1.807) is 0 Å². The highest BCUT2D eigenvalue weighted by atomic mass is 16.2. The number of carbonyl (C=O) groups excluding carboxylic acids is 1. The zero-order valence-corrected chi connectivity index (χ0v) is 11.9. The molecule has 3 heteroatoms. The third kappa shape index (κ3) is 2.27. The second kappa shape index (κ2) is 4.94. The fraction of sp³-hybridized carbons (Fsp3) is 0.706. The fourth-order valence-electron chi connectivity index (χ4n) is 4.77. The van der Waals surface area contributed by atoms with Crippen LogP contribution in [-0.4, -0.2) is 19.1 Å². The van der Waals surface area contributed by atoms with Crippen LogP contribution >= 0.6 is 0 Å². The first-order chi connectivity index (χ1) is 9.78. The molecule has 4 rings (SSSR count).